The Bertz CT molecular complexity index is 580. The summed E-state index contributed by atoms with van der Waals surface area (Å²) in [6.45, 7) is 1.74. The van der Waals surface area contributed by atoms with Gasteiger partial charge in [0.1, 0.15) is 5.82 Å². The Kier molecular flexibility index (Phi) is 3.36. The Morgan fingerprint density at radius 1 is 1.50 bits per heavy atom. The molecule has 0 saturated heterocycles. The van der Waals surface area contributed by atoms with Crippen LogP contribution < -0.4 is 0 Å². The van der Waals surface area contributed by atoms with Crippen LogP contribution in [0.4, 0.5) is 4.39 Å². The van der Waals surface area contributed by atoms with Gasteiger partial charge in [-0.3, -0.25) is 4.79 Å². The van der Waals surface area contributed by atoms with Crippen LogP contribution in [0.1, 0.15) is 17.9 Å². The SMILES string of the molecule is Cc1cc(F)ccc1-c1noc(CCC(=O)O)n1. The second-order valence-electron chi connectivity index (χ2n) is 3.86. The first-order valence-corrected chi connectivity index (χ1v) is 5.37. The van der Waals surface area contributed by atoms with Gasteiger partial charge >= 0.3 is 5.97 Å². The van der Waals surface area contributed by atoms with Crippen LogP contribution >= 0.6 is 0 Å². The number of carbonyl (C=O) groups is 1. The van der Waals surface area contributed by atoms with E-state index in [1.807, 2.05) is 0 Å². The molecule has 0 amide bonds. The van der Waals surface area contributed by atoms with E-state index < -0.39 is 5.97 Å². The lowest BCUT2D eigenvalue weighted by molar-refractivity contribution is -0.137. The fourth-order valence-electron chi connectivity index (χ4n) is 1.56. The van der Waals surface area contributed by atoms with Crippen LogP contribution in [0.2, 0.25) is 0 Å². The van der Waals surface area contributed by atoms with Crippen LogP contribution in [-0.4, -0.2) is 21.2 Å². The Labute approximate surface area is 102 Å². The lowest BCUT2D eigenvalue weighted by Gasteiger charge is -1.99. The van der Waals surface area contributed by atoms with Gasteiger partial charge in [0.2, 0.25) is 11.7 Å². The van der Waals surface area contributed by atoms with Crippen molar-refractivity contribution < 1.29 is 18.8 Å². The second-order valence-corrected chi connectivity index (χ2v) is 3.86. The zero-order valence-corrected chi connectivity index (χ0v) is 9.68. The van der Waals surface area contributed by atoms with Gasteiger partial charge in [0.15, 0.2) is 0 Å². The molecule has 0 aliphatic rings. The smallest absolute Gasteiger partial charge is 0.303 e. The van der Waals surface area contributed by atoms with Crippen LogP contribution in [0.5, 0.6) is 0 Å². The highest BCUT2D eigenvalue weighted by atomic mass is 19.1. The fraction of sp³-hybridized carbons (Fsp3) is 0.250. The maximum absolute atomic E-state index is 12.9. The summed E-state index contributed by atoms with van der Waals surface area (Å²) in [7, 11) is 0. The third-order valence-electron chi connectivity index (χ3n) is 2.45. The fourth-order valence-corrected chi connectivity index (χ4v) is 1.56. The van der Waals surface area contributed by atoms with E-state index in [2.05, 4.69) is 10.1 Å². The normalized spacial score (nSPS) is 10.6. The molecule has 2 rings (SSSR count). The summed E-state index contributed by atoms with van der Waals surface area (Å²) in [4.78, 5) is 14.5. The maximum Gasteiger partial charge on any atom is 0.303 e. The van der Waals surface area contributed by atoms with Crippen molar-refractivity contribution in [2.75, 3.05) is 0 Å². The molecule has 1 aromatic carbocycles. The Morgan fingerprint density at radius 3 is 2.94 bits per heavy atom. The molecule has 1 aromatic heterocycles. The molecule has 94 valence electrons. The number of nitrogens with zero attached hydrogens (tertiary/aromatic N) is 2. The molecule has 0 bridgehead atoms. The van der Waals surface area contributed by atoms with Crippen LogP contribution in [-0.2, 0) is 11.2 Å². The van der Waals surface area contributed by atoms with Gasteiger partial charge in [-0.25, -0.2) is 4.39 Å². The molecule has 1 N–H and O–H groups in total. The van der Waals surface area contributed by atoms with Gasteiger partial charge in [0, 0.05) is 12.0 Å². The van der Waals surface area contributed by atoms with E-state index in [0.29, 0.717) is 17.0 Å². The summed E-state index contributed by atoms with van der Waals surface area (Å²) in [6.07, 6.45) is 0.118. The van der Waals surface area contributed by atoms with E-state index in [9.17, 15) is 9.18 Å². The van der Waals surface area contributed by atoms with Crippen LogP contribution in [0, 0.1) is 12.7 Å². The topological polar surface area (TPSA) is 76.2 Å². The first kappa shape index (κ1) is 12.2. The number of aryl methyl sites for hydroxylation is 2. The van der Waals surface area contributed by atoms with Crippen molar-refractivity contribution in [3.8, 4) is 11.4 Å². The molecule has 0 aliphatic heterocycles. The first-order chi connectivity index (χ1) is 8.56. The van der Waals surface area contributed by atoms with Crippen molar-refractivity contribution in [3.05, 3.63) is 35.5 Å². The predicted molar refractivity (Wildman–Crippen MR) is 60.4 cm³/mol. The van der Waals surface area contributed by atoms with Gasteiger partial charge in [-0.1, -0.05) is 5.16 Å². The number of hydrogen-bond donors (Lipinski definition) is 1. The molecule has 0 unspecified atom stereocenters. The number of benzene rings is 1. The molecular formula is C12H11FN2O3. The molecule has 0 radical (unpaired) electrons. The van der Waals surface area contributed by atoms with Gasteiger partial charge in [-0.05, 0) is 30.7 Å². The standard InChI is InChI=1S/C12H11FN2O3/c1-7-6-8(13)2-3-9(7)12-14-10(18-15-12)4-5-11(16)17/h2-3,6H,4-5H2,1H3,(H,16,17). The highest BCUT2D eigenvalue weighted by molar-refractivity contribution is 5.67. The van der Waals surface area contributed by atoms with Gasteiger partial charge in [-0.15, -0.1) is 0 Å². The average Bonchev–Trinajstić information content (AvgIpc) is 2.75. The van der Waals surface area contributed by atoms with Crippen molar-refractivity contribution in [2.24, 2.45) is 0 Å². The van der Waals surface area contributed by atoms with Crippen molar-refractivity contribution >= 4 is 5.97 Å². The van der Waals surface area contributed by atoms with E-state index in [4.69, 9.17) is 9.63 Å². The number of carboxylic acid groups (broad SMARTS) is 1. The Balaban J connectivity index is 2.21. The molecule has 5 nitrogen and oxygen atoms in total. The quantitative estimate of drug-likeness (QED) is 0.900. The van der Waals surface area contributed by atoms with Crippen LogP contribution in [0.25, 0.3) is 11.4 Å². The summed E-state index contributed by atoms with van der Waals surface area (Å²) in [5, 5.41) is 12.3. The molecule has 6 heteroatoms. The van der Waals surface area contributed by atoms with E-state index in [-0.39, 0.29) is 24.5 Å². The molecule has 0 atom stereocenters. The highest BCUT2D eigenvalue weighted by Gasteiger charge is 2.12. The van der Waals surface area contributed by atoms with Crippen molar-refractivity contribution in [1.29, 1.82) is 0 Å². The van der Waals surface area contributed by atoms with Gasteiger partial charge in [0.05, 0.1) is 6.42 Å². The largest absolute Gasteiger partial charge is 0.481 e. The molecular weight excluding hydrogens is 239 g/mol. The highest BCUT2D eigenvalue weighted by Crippen LogP contribution is 2.21. The van der Waals surface area contributed by atoms with Crippen molar-refractivity contribution in [2.45, 2.75) is 19.8 Å². The van der Waals surface area contributed by atoms with Gasteiger partial charge < -0.3 is 9.63 Å². The molecule has 0 spiro atoms. The van der Waals surface area contributed by atoms with Crippen molar-refractivity contribution in [1.82, 2.24) is 10.1 Å². The number of rotatable bonds is 4. The van der Waals surface area contributed by atoms with E-state index >= 15 is 0 Å². The Hall–Kier alpha value is -2.24. The molecule has 0 saturated carbocycles. The zero-order valence-electron chi connectivity index (χ0n) is 9.68. The minimum atomic E-state index is -0.923. The van der Waals surface area contributed by atoms with Crippen molar-refractivity contribution in [3.63, 3.8) is 0 Å². The zero-order chi connectivity index (χ0) is 13.1. The van der Waals surface area contributed by atoms with Crippen LogP contribution in [0.3, 0.4) is 0 Å². The lowest BCUT2D eigenvalue weighted by atomic mass is 10.1. The van der Waals surface area contributed by atoms with Gasteiger partial charge in [0.25, 0.3) is 0 Å². The summed E-state index contributed by atoms with van der Waals surface area (Å²) in [6, 6.07) is 4.26. The molecule has 1 heterocycles. The lowest BCUT2D eigenvalue weighted by Crippen LogP contribution is -1.97. The van der Waals surface area contributed by atoms with E-state index in [1.165, 1.54) is 12.1 Å². The van der Waals surface area contributed by atoms with Gasteiger partial charge in [-0.2, -0.15) is 4.98 Å². The molecule has 18 heavy (non-hydrogen) atoms. The summed E-state index contributed by atoms with van der Waals surface area (Å²) in [5.41, 5.74) is 1.36. The number of aliphatic carboxylic acids is 1. The van der Waals surface area contributed by atoms with Crippen LogP contribution in [0.15, 0.2) is 22.7 Å². The molecule has 0 aliphatic carbocycles. The van der Waals surface area contributed by atoms with E-state index in [1.54, 1.807) is 13.0 Å². The number of hydrogen-bond acceptors (Lipinski definition) is 4. The second kappa shape index (κ2) is 4.95. The average molecular weight is 250 g/mol. The maximum atomic E-state index is 12.9. The minimum absolute atomic E-state index is 0.0654. The number of carboxylic acids is 1. The minimum Gasteiger partial charge on any atom is -0.481 e. The summed E-state index contributed by atoms with van der Waals surface area (Å²) < 4.78 is 17.9. The summed E-state index contributed by atoms with van der Waals surface area (Å²) >= 11 is 0. The molecule has 0 fully saturated rings. The summed E-state index contributed by atoms with van der Waals surface area (Å²) in [5.74, 6) is -0.650. The Morgan fingerprint density at radius 2 is 2.28 bits per heavy atom. The predicted octanol–water partition coefficient (Wildman–Crippen LogP) is 2.20. The van der Waals surface area contributed by atoms with E-state index in [0.717, 1.165) is 0 Å². The number of halogens is 1. The number of aromatic nitrogens is 2. The molecule has 2 aromatic rings. The first-order valence-electron chi connectivity index (χ1n) is 5.37. The monoisotopic (exact) mass is 250 g/mol. The third-order valence-corrected chi connectivity index (χ3v) is 2.45. The third kappa shape index (κ3) is 2.71.